The second-order valence-corrected chi connectivity index (χ2v) is 6.94. The molecule has 1 aromatic rings. The fourth-order valence-corrected chi connectivity index (χ4v) is 3.31. The molecule has 1 saturated heterocycles. The van der Waals surface area contributed by atoms with Crippen molar-refractivity contribution in [1.82, 2.24) is 14.7 Å². The summed E-state index contributed by atoms with van der Waals surface area (Å²) >= 11 is 0. The van der Waals surface area contributed by atoms with Gasteiger partial charge in [-0.3, -0.25) is 19.3 Å². The van der Waals surface area contributed by atoms with Crippen LogP contribution >= 0.6 is 0 Å². The summed E-state index contributed by atoms with van der Waals surface area (Å²) in [7, 11) is 0. The van der Waals surface area contributed by atoms with E-state index in [2.05, 4.69) is 0 Å². The number of imide groups is 2. The summed E-state index contributed by atoms with van der Waals surface area (Å²) in [4.78, 5) is 52.8. The molecule has 144 valence electrons. The number of rotatable bonds is 6. The number of hydrogen-bond acceptors (Lipinski definition) is 5. The van der Waals surface area contributed by atoms with Crippen molar-refractivity contribution in [3.8, 4) is 0 Å². The van der Waals surface area contributed by atoms with E-state index in [4.69, 9.17) is 4.42 Å². The van der Waals surface area contributed by atoms with Gasteiger partial charge in [-0.15, -0.1) is 0 Å². The molecule has 0 radical (unpaired) electrons. The minimum atomic E-state index is -0.961. The normalized spacial score (nSPS) is 17.7. The van der Waals surface area contributed by atoms with Gasteiger partial charge in [0.05, 0.1) is 12.8 Å². The van der Waals surface area contributed by atoms with Crippen LogP contribution < -0.4 is 0 Å². The summed E-state index contributed by atoms with van der Waals surface area (Å²) in [5.74, 6) is -1.66. The smallest absolute Gasteiger partial charge is 0.334 e. The van der Waals surface area contributed by atoms with Gasteiger partial charge >= 0.3 is 17.8 Å². The first kappa shape index (κ1) is 18.9. The average Bonchev–Trinajstić information content (AvgIpc) is 3.23. The second-order valence-electron chi connectivity index (χ2n) is 6.94. The molecule has 5 amide bonds. The van der Waals surface area contributed by atoms with Crippen molar-refractivity contribution in [2.75, 3.05) is 6.54 Å². The molecular formula is C19H23N3O5. The Bertz CT molecular complexity index is 781. The summed E-state index contributed by atoms with van der Waals surface area (Å²) < 4.78 is 5.35. The van der Waals surface area contributed by atoms with Crippen LogP contribution in [0.3, 0.4) is 0 Å². The molecule has 0 atom stereocenters. The van der Waals surface area contributed by atoms with Crippen molar-refractivity contribution in [2.24, 2.45) is 0 Å². The summed E-state index contributed by atoms with van der Waals surface area (Å²) in [6, 6.07) is 2.30. The quantitative estimate of drug-likeness (QED) is 0.563. The number of hydrogen-bond donors (Lipinski definition) is 0. The van der Waals surface area contributed by atoms with Gasteiger partial charge < -0.3 is 9.32 Å². The Hall–Kier alpha value is -2.90. The van der Waals surface area contributed by atoms with Gasteiger partial charge in [-0.05, 0) is 51.7 Å². The minimum absolute atomic E-state index is 0.218. The Kier molecular flexibility index (Phi) is 5.43. The molecule has 0 unspecified atom stereocenters. The lowest BCUT2D eigenvalue weighted by Crippen LogP contribution is -2.43. The van der Waals surface area contributed by atoms with Crippen LogP contribution in [0.2, 0.25) is 0 Å². The molecule has 8 nitrogen and oxygen atoms in total. The lowest BCUT2D eigenvalue weighted by molar-refractivity contribution is -0.145. The minimum Gasteiger partial charge on any atom is -0.467 e. The number of carbonyl (C=O) groups is 4. The summed E-state index contributed by atoms with van der Waals surface area (Å²) in [6.45, 7) is 3.04. The fraction of sp³-hybridized carbons (Fsp3) is 0.474. The van der Waals surface area contributed by atoms with Crippen molar-refractivity contribution in [3.05, 3.63) is 35.9 Å². The summed E-state index contributed by atoms with van der Waals surface area (Å²) in [5, 5.41) is 0. The van der Waals surface area contributed by atoms with Crippen LogP contribution in [0.5, 0.6) is 0 Å². The maximum atomic E-state index is 13.0. The Morgan fingerprint density at radius 2 is 2.00 bits per heavy atom. The first-order valence-electron chi connectivity index (χ1n) is 9.11. The van der Waals surface area contributed by atoms with Gasteiger partial charge in [-0.25, -0.2) is 9.69 Å². The third-order valence-electron chi connectivity index (χ3n) is 4.70. The van der Waals surface area contributed by atoms with Gasteiger partial charge in [-0.2, -0.15) is 0 Å². The standard InChI is InChI=1S/C19H23N3O5/c1-13(2)22-18(25)17(24)21(19(22)26)12-16(23)20(11-15-9-6-10-27-15)14-7-4-3-5-8-14/h6-7,9-10,13H,3-5,8,11-12H2,1-2H3. The van der Waals surface area contributed by atoms with Crippen LogP contribution in [0.15, 0.2) is 34.6 Å². The first-order chi connectivity index (χ1) is 12.9. The Morgan fingerprint density at radius 1 is 1.22 bits per heavy atom. The number of carbonyl (C=O) groups excluding carboxylic acids is 4. The number of urea groups is 1. The van der Waals surface area contributed by atoms with E-state index in [1.807, 2.05) is 6.08 Å². The predicted molar refractivity (Wildman–Crippen MR) is 94.9 cm³/mol. The zero-order valence-corrected chi connectivity index (χ0v) is 15.5. The molecule has 1 fully saturated rings. The number of amides is 5. The molecular weight excluding hydrogens is 350 g/mol. The third kappa shape index (κ3) is 3.79. The highest BCUT2D eigenvalue weighted by atomic mass is 16.3. The maximum Gasteiger partial charge on any atom is 0.334 e. The number of furan rings is 1. The van der Waals surface area contributed by atoms with Crippen LogP contribution in [-0.2, 0) is 20.9 Å². The molecule has 2 aliphatic rings. The van der Waals surface area contributed by atoms with E-state index < -0.39 is 36.3 Å². The van der Waals surface area contributed by atoms with Crippen molar-refractivity contribution >= 4 is 23.8 Å². The van der Waals surface area contributed by atoms with Gasteiger partial charge in [0, 0.05) is 11.7 Å². The molecule has 27 heavy (non-hydrogen) atoms. The maximum absolute atomic E-state index is 13.0. The number of allylic oxidation sites excluding steroid dienone is 2. The lowest BCUT2D eigenvalue weighted by Gasteiger charge is -2.28. The Labute approximate surface area is 157 Å². The highest BCUT2D eigenvalue weighted by molar-refractivity contribution is 6.45. The molecule has 0 N–H and O–H groups in total. The second kappa shape index (κ2) is 7.77. The van der Waals surface area contributed by atoms with Gasteiger partial charge in [0.15, 0.2) is 0 Å². The van der Waals surface area contributed by atoms with E-state index in [0.29, 0.717) is 5.76 Å². The topological polar surface area (TPSA) is 91.1 Å². The van der Waals surface area contributed by atoms with Crippen LogP contribution in [0.1, 0.15) is 45.3 Å². The van der Waals surface area contributed by atoms with E-state index in [0.717, 1.165) is 41.2 Å². The van der Waals surface area contributed by atoms with E-state index in [9.17, 15) is 19.2 Å². The molecule has 0 aromatic carbocycles. The van der Waals surface area contributed by atoms with Crippen LogP contribution in [0.25, 0.3) is 0 Å². The molecule has 1 aliphatic carbocycles. The van der Waals surface area contributed by atoms with E-state index in [-0.39, 0.29) is 6.54 Å². The highest BCUT2D eigenvalue weighted by Gasteiger charge is 2.46. The summed E-state index contributed by atoms with van der Waals surface area (Å²) in [6.07, 6.45) is 7.18. The predicted octanol–water partition coefficient (Wildman–Crippen LogP) is 2.27. The van der Waals surface area contributed by atoms with E-state index >= 15 is 0 Å². The van der Waals surface area contributed by atoms with E-state index in [1.165, 1.54) is 6.26 Å². The van der Waals surface area contributed by atoms with Crippen molar-refractivity contribution in [2.45, 2.75) is 52.1 Å². The van der Waals surface area contributed by atoms with Crippen molar-refractivity contribution < 1.29 is 23.6 Å². The Morgan fingerprint density at radius 3 is 2.56 bits per heavy atom. The molecule has 0 saturated carbocycles. The zero-order valence-electron chi connectivity index (χ0n) is 15.5. The van der Waals surface area contributed by atoms with Gasteiger partial charge in [0.2, 0.25) is 5.91 Å². The van der Waals surface area contributed by atoms with Gasteiger partial charge in [-0.1, -0.05) is 6.08 Å². The molecule has 1 aromatic heterocycles. The largest absolute Gasteiger partial charge is 0.467 e. The highest BCUT2D eigenvalue weighted by Crippen LogP contribution is 2.24. The van der Waals surface area contributed by atoms with Crippen LogP contribution in [-0.4, -0.2) is 51.0 Å². The van der Waals surface area contributed by atoms with Crippen LogP contribution in [0, 0.1) is 0 Å². The molecule has 0 spiro atoms. The molecule has 2 heterocycles. The SMILES string of the molecule is CC(C)N1C(=O)C(=O)N(CC(=O)N(Cc2ccco2)C2=CCCCC2)C1=O. The zero-order chi connectivity index (χ0) is 19.6. The monoisotopic (exact) mass is 373 g/mol. The average molecular weight is 373 g/mol. The first-order valence-corrected chi connectivity index (χ1v) is 9.11. The Balaban J connectivity index is 1.80. The molecule has 8 heteroatoms. The fourth-order valence-electron chi connectivity index (χ4n) is 3.31. The van der Waals surface area contributed by atoms with Crippen molar-refractivity contribution in [1.29, 1.82) is 0 Å². The van der Waals surface area contributed by atoms with Crippen molar-refractivity contribution in [3.63, 3.8) is 0 Å². The molecule has 1 aliphatic heterocycles. The molecule has 3 rings (SSSR count). The molecule has 0 bridgehead atoms. The third-order valence-corrected chi connectivity index (χ3v) is 4.70. The lowest BCUT2D eigenvalue weighted by atomic mass is 10.0. The number of nitrogens with zero attached hydrogens (tertiary/aromatic N) is 3. The summed E-state index contributed by atoms with van der Waals surface area (Å²) in [5.41, 5.74) is 0.855. The van der Waals surface area contributed by atoms with Gasteiger partial charge in [0.1, 0.15) is 12.3 Å². The van der Waals surface area contributed by atoms with E-state index in [1.54, 1.807) is 30.9 Å². The van der Waals surface area contributed by atoms with Crippen LogP contribution in [0.4, 0.5) is 4.79 Å². The van der Waals surface area contributed by atoms with Gasteiger partial charge in [0.25, 0.3) is 0 Å².